The van der Waals surface area contributed by atoms with Crippen LogP contribution in [0, 0.1) is 0 Å². The smallest absolute Gasteiger partial charge is 0.151 e. The molecule has 0 aromatic heterocycles. The molecule has 0 atom stereocenters. The molecule has 0 bridgehead atoms. The average Bonchev–Trinajstić information content (AvgIpc) is 2.73. The van der Waals surface area contributed by atoms with Crippen molar-refractivity contribution in [1.29, 1.82) is 0 Å². The summed E-state index contributed by atoms with van der Waals surface area (Å²) >= 11 is 1.30. The molecule has 0 saturated heterocycles. The average molecular weight is 355 g/mol. The Hall–Kier alpha value is -2.75. The van der Waals surface area contributed by atoms with E-state index in [2.05, 4.69) is 89.7 Å². The van der Waals surface area contributed by atoms with Gasteiger partial charge in [-0.05, 0) is 33.5 Å². The lowest BCUT2D eigenvalue weighted by Crippen LogP contribution is -2.12. The lowest BCUT2D eigenvalue weighted by atomic mass is 9.97. The maximum absolute atomic E-state index is 5.78. The lowest BCUT2D eigenvalue weighted by Gasteiger charge is -2.19. The summed E-state index contributed by atoms with van der Waals surface area (Å²) in [5, 5.41) is 2.54. The second kappa shape index (κ2) is 6.52. The molecule has 4 aromatic carbocycles. The fourth-order valence-electron chi connectivity index (χ4n) is 3.44. The zero-order valence-electron chi connectivity index (χ0n) is 14.1. The van der Waals surface area contributed by atoms with Crippen LogP contribution in [-0.4, -0.2) is 0 Å². The minimum Gasteiger partial charge on any atom is -0.409 e. The van der Waals surface area contributed by atoms with Crippen LogP contribution in [0.15, 0.2) is 84.9 Å². The SMILES string of the molecule is c1cc2c(c(-c3ccc(-c4ccc5ccccc5c4)cc3)c1)OSNC2. The van der Waals surface area contributed by atoms with Crippen LogP contribution in [0.4, 0.5) is 0 Å². The molecule has 0 unspecified atom stereocenters. The molecule has 5 rings (SSSR count). The Morgan fingerprint density at radius 2 is 1.46 bits per heavy atom. The zero-order valence-corrected chi connectivity index (χ0v) is 14.9. The van der Waals surface area contributed by atoms with E-state index >= 15 is 0 Å². The molecule has 0 spiro atoms. The molecule has 0 aliphatic carbocycles. The van der Waals surface area contributed by atoms with Gasteiger partial charge in [-0.25, -0.2) is 4.72 Å². The Balaban J connectivity index is 1.53. The van der Waals surface area contributed by atoms with Crippen LogP contribution >= 0.6 is 12.2 Å². The first-order chi connectivity index (χ1) is 12.9. The minimum absolute atomic E-state index is 0.822. The van der Waals surface area contributed by atoms with Gasteiger partial charge >= 0.3 is 0 Å². The third-order valence-corrected chi connectivity index (χ3v) is 5.33. The van der Waals surface area contributed by atoms with Gasteiger partial charge in [0.1, 0.15) is 12.2 Å². The first kappa shape index (κ1) is 15.5. The molecule has 1 aliphatic rings. The fraction of sp³-hybridized carbons (Fsp3) is 0.0435. The van der Waals surface area contributed by atoms with Gasteiger partial charge in [0.2, 0.25) is 0 Å². The number of fused-ring (bicyclic) bond motifs is 2. The van der Waals surface area contributed by atoms with Gasteiger partial charge in [0.05, 0.1) is 0 Å². The van der Waals surface area contributed by atoms with E-state index in [1.165, 1.54) is 45.3 Å². The quantitative estimate of drug-likeness (QED) is 0.341. The standard InChI is InChI=1S/C23H17NOS/c1-2-5-19-14-20(13-10-16(19)4-1)17-8-11-18(12-9-17)22-7-3-6-21-15-24-26-25-23(21)22/h1-14,24H,15H2. The van der Waals surface area contributed by atoms with E-state index in [4.69, 9.17) is 4.18 Å². The van der Waals surface area contributed by atoms with E-state index in [0.29, 0.717) is 0 Å². The molecule has 1 N–H and O–H groups in total. The van der Waals surface area contributed by atoms with E-state index < -0.39 is 0 Å². The van der Waals surface area contributed by atoms with Crippen LogP contribution in [0.3, 0.4) is 0 Å². The van der Waals surface area contributed by atoms with E-state index in [-0.39, 0.29) is 0 Å². The predicted molar refractivity (Wildman–Crippen MR) is 110 cm³/mol. The van der Waals surface area contributed by atoms with Crippen molar-refractivity contribution in [1.82, 2.24) is 4.72 Å². The topological polar surface area (TPSA) is 21.3 Å². The first-order valence-corrected chi connectivity index (χ1v) is 9.40. The molecule has 4 aromatic rings. The van der Waals surface area contributed by atoms with Gasteiger partial charge in [-0.2, -0.15) is 0 Å². The number of hydrogen-bond acceptors (Lipinski definition) is 3. The highest BCUT2D eigenvalue weighted by molar-refractivity contribution is 7.93. The Morgan fingerprint density at radius 1 is 0.692 bits per heavy atom. The van der Waals surface area contributed by atoms with E-state index in [1.54, 1.807) is 0 Å². The van der Waals surface area contributed by atoms with Crippen molar-refractivity contribution in [2.45, 2.75) is 6.54 Å². The summed E-state index contributed by atoms with van der Waals surface area (Å²) in [6.45, 7) is 0.822. The van der Waals surface area contributed by atoms with Crippen LogP contribution in [0.25, 0.3) is 33.0 Å². The van der Waals surface area contributed by atoms with Crippen LogP contribution in [0.1, 0.15) is 5.56 Å². The molecule has 126 valence electrons. The molecule has 0 radical (unpaired) electrons. The molecule has 3 heteroatoms. The number of benzene rings is 4. The molecule has 0 saturated carbocycles. The number of para-hydroxylation sites is 1. The molecule has 1 aliphatic heterocycles. The summed E-state index contributed by atoms with van der Waals surface area (Å²) < 4.78 is 8.94. The van der Waals surface area contributed by atoms with Crippen molar-refractivity contribution in [2.24, 2.45) is 0 Å². The Labute approximate surface area is 157 Å². The fourth-order valence-corrected chi connectivity index (χ4v) is 3.99. The van der Waals surface area contributed by atoms with Gasteiger partial charge in [-0.1, -0.05) is 78.9 Å². The van der Waals surface area contributed by atoms with E-state index in [9.17, 15) is 0 Å². The molecule has 2 nitrogen and oxygen atoms in total. The van der Waals surface area contributed by atoms with E-state index in [1.807, 2.05) is 0 Å². The van der Waals surface area contributed by atoms with Crippen molar-refractivity contribution >= 4 is 23.0 Å². The van der Waals surface area contributed by atoms with Crippen LogP contribution in [0.2, 0.25) is 0 Å². The summed E-state index contributed by atoms with van der Waals surface area (Å²) in [5.41, 5.74) is 5.97. The maximum atomic E-state index is 5.78. The van der Waals surface area contributed by atoms with Gasteiger partial charge < -0.3 is 4.18 Å². The van der Waals surface area contributed by atoms with Gasteiger partial charge in [-0.15, -0.1) is 0 Å². The Morgan fingerprint density at radius 3 is 2.35 bits per heavy atom. The van der Waals surface area contributed by atoms with Gasteiger partial charge in [0.25, 0.3) is 0 Å². The highest BCUT2D eigenvalue weighted by Crippen LogP contribution is 2.38. The number of hydrogen-bond donors (Lipinski definition) is 1. The molecule has 0 fully saturated rings. The molecular formula is C23H17NOS. The molecule has 0 amide bonds. The summed E-state index contributed by atoms with van der Waals surface area (Å²) in [5.74, 6) is 0.967. The zero-order chi connectivity index (χ0) is 17.3. The molecule has 26 heavy (non-hydrogen) atoms. The monoisotopic (exact) mass is 355 g/mol. The van der Waals surface area contributed by atoms with Crippen molar-refractivity contribution in [2.75, 3.05) is 0 Å². The maximum Gasteiger partial charge on any atom is 0.151 e. The Kier molecular flexibility index (Phi) is 3.89. The highest BCUT2D eigenvalue weighted by atomic mass is 32.2. The Bertz CT molecular complexity index is 1090. The minimum atomic E-state index is 0.822. The van der Waals surface area contributed by atoms with Crippen molar-refractivity contribution in [3.63, 3.8) is 0 Å². The van der Waals surface area contributed by atoms with Crippen LogP contribution in [-0.2, 0) is 6.54 Å². The second-order valence-electron chi connectivity index (χ2n) is 6.42. The first-order valence-electron chi connectivity index (χ1n) is 8.66. The normalized spacial score (nSPS) is 13.2. The van der Waals surface area contributed by atoms with Crippen molar-refractivity contribution in [3.8, 4) is 28.0 Å². The van der Waals surface area contributed by atoms with Crippen LogP contribution in [0.5, 0.6) is 5.75 Å². The van der Waals surface area contributed by atoms with Gasteiger partial charge in [-0.3, -0.25) is 0 Å². The van der Waals surface area contributed by atoms with Gasteiger partial charge in [0.15, 0.2) is 5.75 Å². The van der Waals surface area contributed by atoms with E-state index in [0.717, 1.165) is 17.9 Å². The summed E-state index contributed by atoms with van der Waals surface area (Å²) in [7, 11) is 0. The highest BCUT2D eigenvalue weighted by Gasteiger charge is 2.16. The summed E-state index contributed by atoms with van der Waals surface area (Å²) in [6, 6.07) is 30.1. The van der Waals surface area contributed by atoms with Crippen LogP contribution < -0.4 is 8.91 Å². The van der Waals surface area contributed by atoms with Crippen molar-refractivity contribution in [3.05, 3.63) is 90.5 Å². The lowest BCUT2D eigenvalue weighted by molar-refractivity contribution is 0.602. The molecular weight excluding hydrogens is 338 g/mol. The summed E-state index contributed by atoms with van der Waals surface area (Å²) in [4.78, 5) is 0. The summed E-state index contributed by atoms with van der Waals surface area (Å²) in [6.07, 6.45) is 0. The predicted octanol–water partition coefficient (Wildman–Crippen LogP) is 6.22. The number of nitrogens with one attached hydrogen (secondary N) is 1. The van der Waals surface area contributed by atoms with Crippen molar-refractivity contribution < 1.29 is 4.18 Å². The third kappa shape index (κ3) is 2.75. The molecule has 1 heterocycles. The third-order valence-electron chi connectivity index (χ3n) is 4.82. The van der Waals surface area contributed by atoms with Gasteiger partial charge in [0, 0.05) is 17.7 Å². The second-order valence-corrected chi connectivity index (χ2v) is 7.04. The largest absolute Gasteiger partial charge is 0.409 e. The number of rotatable bonds is 2.